The highest BCUT2D eigenvalue weighted by molar-refractivity contribution is 6.02. The fourth-order valence-electron chi connectivity index (χ4n) is 2.52. The van der Waals surface area contributed by atoms with Crippen molar-refractivity contribution in [1.82, 2.24) is 0 Å². The van der Waals surface area contributed by atoms with Gasteiger partial charge in [0.05, 0.1) is 18.7 Å². The van der Waals surface area contributed by atoms with Crippen LogP contribution in [0, 0.1) is 11.3 Å². The van der Waals surface area contributed by atoms with Crippen molar-refractivity contribution in [2.24, 2.45) is 0 Å². The van der Waals surface area contributed by atoms with Crippen LogP contribution in [0.3, 0.4) is 0 Å². The Morgan fingerprint density at radius 1 is 1.08 bits per heavy atom. The molecule has 0 aliphatic heterocycles. The van der Waals surface area contributed by atoms with Crippen LogP contribution in [0.5, 0.6) is 11.5 Å². The second-order valence-electron chi connectivity index (χ2n) is 5.34. The van der Waals surface area contributed by atoms with E-state index in [1.54, 1.807) is 18.2 Å². The SMILES string of the molecule is COc1cc(C#N)ccc1OCC(=O)Nc1cccc2ccccc12. The molecule has 124 valence electrons. The Balaban J connectivity index is 1.70. The molecule has 0 aliphatic carbocycles. The van der Waals surface area contributed by atoms with E-state index >= 15 is 0 Å². The Morgan fingerprint density at radius 2 is 1.88 bits per heavy atom. The number of methoxy groups -OCH3 is 1. The minimum atomic E-state index is -0.275. The van der Waals surface area contributed by atoms with E-state index in [0.717, 1.165) is 16.5 Å². The van der Waals surface area contributed by atoms with Gasteiger partial charge in [-0.3, -0.25) is 4.79 Å². The van der Waals surface area contributed by atoms with Gasteiger partial charge in [0, 0.05) is 17.1 Å². The number of carbonyl (C=O) groups excluding carboxylic acids is 1. The number of nitriles is 1. The standard InChI is InChI=1S/C20H16N2O3/c1-24-19-11-14(12-21)9-10-18(19)25-13-20(23)22-17-8-4-6-15-5-2-3-7-16(15)17/h2-11H,13H2,1H3,(H,22,23). The summed E-state index contributed by atoms with van der Waals surface area (Å²) in [4.78, 5) is 12.2. The molecule has 3 rings (SSSR count). The van der Waals surface area contributed by atoms with Crippen LogP contribution in [0.2, 0.25) is 0 Å². The molecule has 5 nitrogen and oxygen atoms in total. The number of ether oxygens (including phenoxy) is 2. The fourth-order valence-corrected chi connectivity index (χ4v) is 2.52. The first-order valence-electron chi connectivity index (χ1n) is 7.70. The summed E-state index contributed by atoms with van der Waals surface area (Å²) in [6.07, 6.45) is 0. The van der Waals surface area contributed by atoms with Crippen molar-refractivity contribution in [3.05, 3.63) is 66.2 Å². The number of nitrogens with one attached hydrogen (secondary N) is 1. The summed E-state index contributed by atoms with van der Waals surface area (Å²) in [5.41, 5.74) is 1.20. The van der Waals surface area contributed by atoms with Crippen LogP contribution in [0.1, 0.15) is 5.56 Å². The van der Waals surface area contributed by atoms with Crippen LogP contribution in [0.15, 0.2) is 60.7 Å². The molecule has 0 heterocycles. The number of hydrogen-bond acceptors (Lipinski definition) is 4. The van der Waals surface area contributed by atoms with Gasteiger partial charge in [0.25, 0.3) is 5.91 Å². The Labute approximate surface area is 145 Å². The Morgan fingerprint density at radius 3 is 2.68 bits per heavy atom. The van der Waals surface area contributed by atoms with Gasteiger partial charge >= 0.3 is 0 Å². The van der Waals surface area contributed by atoms with Gasteiger partial charge in [0.1, 0.15) is 0 Å². The summed E-state index contributed by atoms with van der Waals surface area (Å²) in [7, 11) is 1.49. The third kappa shape index (κ3) is 3.70. The molecule has 0 unspecified atom stereocenters. The van der Waals surface area contributed by atoms with Gasteiger partial charge in [-0.2, -0.15) is 5.26 Å². The van der Waals surface area contributed by atoms with Gasteiger partial charge in [0.2, 0.25) is 0 Å². The molecule has 5 heteroatoms. The summed E-state index contributed by atoms with van der Waals surface area (Å²) in [5, 5.41) is 13.8. The van der Waals surface area contributed by atoms with E-state index in [1.807, 2.05) is 48.5 Å². The first-order valence-corrected chi connectivity index (χ1v) is 7.70. The lowest BCUT2D eigenvalue weighted by molar-refractivity contribution is -0.118. The molecule has 0 atom stereocenters. The lowest BCUT2D eigenvalue weighted by Gasteiger charge is -2.12. The number of carbonyl (C=O) groups is 1. The van der Waals surface area contributed by atoms with E-state index in [0.29, 0.717) is 17.1 Å². The van der Waals surface area contributed by atoms with Gasteiger partial charge in [-0.25, -0.2) is 0 Å². The average molecular weight is 332 g/mol. The number of fused-ring (bicyclic) bond motifs is 1. The molecule has 0 radical (unpaired) electrons. The molecule has 0 saturated heterocycles. The number of hydrogen-bond donors (Lipinski definition) is 1. The third-order valence-electron chi connectivity index (χ3n) is 3.72. The van der Waals surface area contributed by atoms with Crippen molar-refractivity contribution in [1.29, 1.82) is 5.26 Å². The molecule has 1 amide bonds. The van der Waals surface area contributed by atoms with Gasteiger partial charge in [-0.15, -0.1) is 0 Å². The maximum absolute atomic E-state index is 12.2. The monoisotopic (exact) mass is 332 g/mol. The molecule has 0 fully saturated rings. The second-order valence-corrected chi connectivity index (χ2v) is 5.34. The van der Waals surface area contributed by atoms with Crippen LogP contribution in [-0.4, -0.2) is 19.6 Å². The second kappa shape index (κ2) is 7.37. The Bertz CT molecular complexity index is 955. The summed E-state index contributed by atoms with van der Waals surface area (Å²) >= 11 is 0. The lowest BCUT2D eigenvalue weighted by Crippen LogP contribution is -2.20. The van der Waals surface area contributed by atoms with Crippen molar-refractivity contribution in [2.75, 3.05) is 19.0 Å². The predicted molar refractivity (Wildman–Crippen MR) is 95.8 cm³/mol. The first-order chi connectivity index (χ1) is 12.2. The summed E-state index contributed by atoms with van der Waals surface area (Å²) in [5.74, 6) is 0.550. The predicted octanol–water partition coefficient (Wildman–Crippen LogP) is 3.74. The van der Waals surface area contributed by atoms with Crippen molar-refractivity contribution in [2.45, 2.75) is 0 Å². The first kappa shape index (κ1) is 16.3. The fraction of sp³-hybridized carbons (Fsp3) is 0.100. The van der Waals surface area contributed by atoms with Crippen LogP contribution >= 0.6 is 0 Å². The Kier molecular flexibility index (Phi) is 4.82. The highest BCUT2D eigenvalue weighted by Gasteiger charge is 2.10. The number of anilines is 1. The van der Waals surface area contributed by atoms with Crippen molar-refractivity contribution < 1.29 is 14.3 Å². The van der Waals surface area contributed by atoms with E-state index in [2.05, 4.69) is 5.32 Å². The molecule has 0 spiro atoms. The molecule has 0 aliphatic rings. The smallest absolute Gasteiger partial charge is 0.262 e. The van der Waals surface area contributed by atoms with Gasteiger partial charge in [-0.1, -0.05) is 36.4 Å². The molecule has 25 heavy (non-hydrogen) atoms. The molecule has 0 saturated carbocycles. The van der Waals surface area contributed by atoms with Gasteiger partial charge in [-0.05, 0) is 23.6 Å². The van der Waals surface area contributed by atoms with Gasteiger partial charge < -0.3 is 14.8 Å². The maximum atomic E-state index is 12.2. The van der Waals surface area contributed by atoms with Crippen LogP contribution in [0.4, 0.5) is 5.69 Å². The van der Waals surface area contributed by atoms with Crippen LogP contribution in [0.25, 0.3) is 10.8 Å². The van der Waals surface area contributed by atoms with Crippen molar-refractivity contribution in [3.8, 4) is 17.6 Å². The minimum absolute atomic E-state index is 0.161. The minimum Gasteiger partial charge on any atom is -0.493 e. The van der Waals surface area contributed by atoms with Crippen LogP contribution < -0.4 is 14.8 Å². The van der Waals surface area contributed by atoms with E-state index in [1.165, 1.54) is 7.11 Å². The molecule has 3 aromatic rings. The third-order valence-corrected chi connectivity index (χ3v) is 3.72. The average Bonchev–Trinajstić information content (AvgIpc) is 2.66. The molecule has 0 bridgehead atoms. The Hall–Kier alpha value is -3.52. The molecular formula is C20H16N2O3. The van der Waals surface area contributed by atoms with E-state index in [9.17, 15) is 4.79 Å². The zero-order valence-corrected chi connectivity index (χ0v) is 13.7. The van der Waals surface area contributed by atoms with Crippen LogP contribution in [-0.2, 0) is 4.79 Å². The topological polar surface area (TPSA) is 71.3 Å². The molecule has 3 aromatic carbocycles. The molecule has 0 aromatic heterocycles. The van der Waals surface area contributed by atoms with Gasteiger partial charge in [0.15, 0.2) is 18.1 Å². The van der Waals surface area contributed by atoms with E-state index in [-0.39, 0.29) is 12.5 Å². The van der Waals surface area contributed by atoms with Crippen molar-refractivity contribution in [3.63, 3.8) is 0 Å². The summed E-state index contributed by atoms with van der Waals surface area (Å²) in [6, 6.07) is 20.4. The zero-order valence-electron chi connectivity index (χ0n) is 13.7. The normalized spacial score (nSPS) is 10.1. The maximum Gasteiger partial charge on any atom is 0.262 e. The summed E-state index contributed by atoms with van der Waals surface area (Å²) < 4.78 is 10.7. The number of nitrogens with zero attached hydrogens (tertiary/aromatic N) is 1. The van der Waals surface area contributed by atoms with Crippen molar-refractivity contribution >= 4 is 22.4 Å². The highest BCUT2D eigenvalue weighted by Crippen LogP contribution is 2.28. The molecular weight excluding hydrogens is 316 g/mol. The highest BCUT2D eigenvalue weighted by atomic mass is 16.5. The summed E-state index contributed by atoms with van der Waals surface area (Å²) in [6.45, 7) is -0.161. The zero-order chi connectivity index (χ0) is 17.6. The number of benzene rings is 3. The lowest BCUT2D eigenvalue weighted by atomic mass is 10.1. The number of rotatable bonds is 5. The largest absolute Gasteiger partial charge is 0.493 e. The van der Waals surface area contributed by atoms with E-state index in [4.69, 9.17) is 14.7 Å². The molecule has 1 N–H and O–H groups in total. The number of amides is 1. The van der Waals surface area contributed by atoms with E-state index < -0.39 is 0 Å². The quantitative estimate of drug-likeness (QED) is 0.772.